The van der Waals surface area contributed by atoms with Crippen LogP contribution < -0.4 is 10.1 Å². The Morgan fingerprint density at radius 2 is 2.14 bits per heavy atom. The molecule has 7 nitrogen and oxygen atoms in total. The van der Waals surface area contributed by atoms with E-state index in [9.17, 15) is 9.59 Å². The van der Waals surface area contributed by atoms with Crippen LogP contribution >= 0.6 is 0 Å². The van der Waals surface area contributed by atoms with Crippen LogP contribution in [0.15, 0.2) is 47.0 Å². The first kappa shape index (κ1) is 19.2. The van der Waals surface area contributed by atoms with Gasteiger partial charge < -0.3 is 19.5 Å². The van der Waals surface area contributed by atoms with Crippen LogP contribution in [-0.2, 0) is 0 Å². The van der Waals surface area contributed by atoms with Crippen molar-refractivity contribution in [1.82, 2.24) is 15.4 Å². The van der Waals surface area contributed by atoms with Gasteiger partial charge in [-0.1, -0.05) is 29.4 Å². The van der Waals surface area contributed by atoms with Gasteiger partial charge in [-0.15, -0.1) is 0 Å². The Morgan fingerprint density at radius 1 is 1.28 bits per heavy atom. The van der Waals surface area contributed by atoms with Gasteiger partial charge in [-0.25, -0.2) is 0 Å². The van der Waals surface area contributed by atoms with E-state index in [4.69, 9.17) is 9.26 Å². The smallest absolute Gasteiger partial charge is 0.276 e. The quantitative estimate of drug-likeness (QED) is 0.751. The minimum absolute atomic E-state index is 0.0114. The Kier molecular flexibility index (Phi) is 5.64. The third-order valence-electron chi connectivity index (χ3n) is 5.46. The molecule has 2 amide bonds. The molecule has 1 fully saturated rings. The molecule has 0 unspecified atom stereocenters. The van der Waals surface area contributed by atoms with Crippen molar-refractivity contribution in [2.75, 3.05) is 19.7 Å². The normalized spacial score (nSPS) is 23.5. The Bertz CT molecular complexity index is 920. The van der Waals surface area contributed by atoms with Crippen molar-refractivity contribution in [3.63, 3.8) is 0 Å². The zero-order chi connectivity index (χ0) is 20.2. The molecule has 2 aromatic rings. The summed E-state index contributed by atoms with van der Waals surface area (Å²) in [5, 5.41) is 7.02. The molecule has 2 aliphatic rings. The molecule has 1 aromatic heterocycles. The average Bonchev–Trinajstić information content (AvgIpc) is 3.16. The summed E-state index contributed by atoms with van der Waals surface area (Å²) in [4.78, 5) is 27.5. The van der Waals surface area contributed by atoms with Gasteiger partial charge in [0.15, 0.2) is 5.69 Å². The van der Waals surface area contributed by atoms with Gasteiger partial charge in [-0.05, 0) is 38.3 Å². The molecule has 2 aliphatic heterocycles. The number of nitrogens with zero attached hydrogens (tertiary/aromatic N) is 2. The Labute approximate surface area is 169 Å². The van der Waals surface area contributed by atoms with Crippen LogP contribution in [0.4, 0.5) is 0 Å². The second kappa shape index (κ2) is 8.51. The van der Waals surface area contributed by atoms with Crippen molar-refractivity contribution in [1.29, 1.82) is 0 Å². The number of hydrogen-bond donors (Lipinski definition) is 1. The van der Waals surface area contributed by atoms with Crippen LogP contribution in [0.5, 0.6) is 5.75 Å². The minimum Gasteiger partial charge on any atom is -0.492 e. The maximum Gasteiger partial charge on any atom is 0.276 e. The van der Waals surface area contributed by atoms with E-state index in [1.165, 1.54) is 0 Å². The molecule has 1 saturated heterocycles. The van der Waals surface area contributed by atoms with Crippen molar-refractivity contribution >= 4 is 11.8 Å². The summed E-state index contributed by atoms with van der Waals surface area (Å²) in [5.41, 5.74) is 0.882. The largest absolute Gasteiger partial charge is 0.492 e. The third kappa shape index (κ3) is 4.34. The van der Waals surface area contributed by atoms with Gasteiger partial charge in [0.1, 0.15) is 11.5 Å². The summed E-state index contributed by atoms with van der Waals surface area (Å²) in [6.45, 7) is 3.42. The lowest BCUT2D eigenvalue weighted by Gasteiger charge is -2.38. The van der Waals surface area contributed by atoms with Gasteiger partial charge in [0.2, 0.25) is 0 Å². The number of rotatable bonds is 1. The number of carbonyl (C=O) groups is 2. The number of amides is 2. The lowest BCUT2D eigenvalue weighted by atomic mass is 9.88. The zero-order valence-corrected chi connectivity index (χ0v) is 16.5. The van der Waals surface area contributed by atoms with E-state index in [2.05, 4.69) is 22.6 Å². The Hall–Kier alpha value is -3.09. The third-order valence-corrected chi connectivity index (χ3v) is 5.46. The zero-order valence-electron chi connectivity index (χ0n) is 16.5. The molecule has 3 heterocycles. The molecule has 152 valence electrons. The number of hydrogen-bond acceptors (Lipinski definition) is 5. The first-order chi connectivity index (χ1) is 14.1. The van der Waals surface area contributed by atoms with Crippen LogP contribution in [0, 0.1) is 12.8 Å². The fourth-order valence-corrected chi connectivity index (χ4v) is 3.93. The maximum absolute atomic E-state index is 12.9. The number of aromatic nitrogens is 1. The fraction of sp³-hybridized carbons (Fsp3) is 0.409. The number of nitrogens with one attached hydrogen (secondary N) is 1. The van der Waals surface area contributed by atoms with Gasteiger partial charge in [0, 0.05) is 31.1 Å². The molecule has 7 heteroatoms. The van der Waals surface area contributed by atoms with Crippen LogP contribution in [0.1, 0.15) is 45.9 Å². The van der Waals surface area contributed by atoms with Crippen molar-refractivity contribution in [3.05, 3.63) is 59.5 Å². The van der Waals surface area contributed by atoms with Crippen molar-refractivity contribution in [2.24, 2.45) is 5.92 Å². The summed E-state index contributed by atoms with van der Waals surface area (Å²) in [6, 6.07) is 8.96. The number of likely N-dealkylation sites (tertiary alicyclic amines) is 1. The van der Waals surface area contributed by atoms with Crippen LogP contribution in [0.2, 0.25) is 0 Å². The number of ether oxygens (including phenoxy) is 1. The molecular formula is C22H25N3O4. The number of piperidine rings is 1. The predicted molar refractivity (Wildman–Crippen MR) is 107 cm³/mol. The Morgan fingerprint density at radius 3 is 2.97 bits per heavy atom. The first-order valence-electron chi connectivity index (χ1n) is 10.0. The molecule has 1 aromatic carbocycles. The number of benzene rings is 1. The summed E-state index contributed by atoms with van der Waals surface area (Å²) < 4.78 is 10.8. The summed E-state index contributed by atoms with van der Waals surface area (Å²) in [6.07, 6.45) is 6.47. The number of allylic oxidation sites excluding steroid dienone is 1. The van der Waals surface area contributed by atoms with E-state index in [0.29, 0.717) is 48.9 Å². The van der Waals surface area contributed by atoms with Crippen LogP contribution in [-0.4, -0.2) is 47.6 Å². The molecule has 0 radical (unpaired) electrons. The van der Waals surface area contributed by atoms with E-state index in [1.54, 1.807) is 24.0 Å². The van der Waals surface area contributed by atoms with Crippen LogP contribution in [0.3, 0.4) is 0 Å². The van der Waals surface area contributed by atoms with E-state index >= 15 is 0 Å². The highest BCUT2D eigenvalue weighted by atomic mass is 16.5. The highest BCUT2D eigenvalue weighted by Gasteiger charge is 2.33. The highest BCUT2D eigenvalue weighted by molar-refractivity contribution is 5.97. The van der Waals surface area contributed by atoms with E-state index in [0.717, 1.165) is 12.8 Å². The predicted octanol–water partition coefficient (Wildman–Crippen LogP) is 2.97. The van der Waals surface area contributed by atoms with Gasteiger partial charge >= 0.3 is 0 Å². The molecule has 2 atom stereocenters. The second-order valence-electron chi connectivity index (χ2n) is 7.54. The second-order valence-corrected chi connectivity index (χ2v) is 7.54. The lowest BCUT2D eigenvalue weighted by molar-refractivity contribution is 0.0610. The number of carbonyl (C=O) groups excluding carboxylic acids is 2. The summed E-state index contributed by atoms with van der Waals surface area (Å²) in [7, 11) is 0. The van der Waals surface area contributed by atoms with Gasteiger partial charge in [0.05, 0.1) is 12.2 Å². The standard InChI is InChI=1S/C22H25N3O4/c1-15-13-19(24-29-15)22(27)25-11-10-18-16(14-25)7-3-2-6-12-28-20-9-5-4-8-17(20)21(26)23-18/h2-5,8-9,13,16,18H,6-7,10-12,14H2,1H3,(H,23,26)/b3-2+/t16-,18+/m0/s1. The number of para-hydroxylation sites is 1. The van der Waals surface area contributed by atoms with E-state index in [-0.39, 0.29) is 23.8 Å². The highest BCUT2D eigenvalue weighted by Crippen LogP contribution is 2.25. The molecule has 0 spiro atoms. The van der Waals surface area contributed by atoms with Crippen molar-refractivity contribution in [3.8, 4) is 5.75 Å². The van der Waals surface area contributed by atoms with E-state index in [1.807, 2.05) is 18.2 Å². The van der Waals surface area contributed by atoms with Gasteiger partial charge in [0.25, 0.3) is 11.8 Å². The SMILES string of the molecule is Cc1cc(C(=O)N2CC[C@H]3NC(=O)c4ccccc4OCC/C=C/C[C@H]3C2)no1. The van der Waals surface area contributed by atoms with Crippen LogP contribution in [0.25, 0.3) is 0 Å². The maximum atomic E-state index is 12.9. The summed E-state index contributed by atoms with van der Waals surface area (Å²) in [5.74, 6) is 1.09. The van der Waals surface area contributed by atoms with Gasteiger partial charge in [-0.2, -0.15) is 0 Å². The molecule has 29 heavy (non-hydrogen) atoms. The topological polar surface area (TPSA) is 84.7 Å². The lowest BCUT2D eigenvalue weighted by Crippen LogP contribution is -2.52. The number of fused-ring (bicyclic) bond motifs is 2. The monoisotopic (exact) mass is 395 g/mol. The average molecular weight is 395 g/mol. The van der Waals surface area contributed by atoms with Crippen molar-refractivity contribution in [2.45, 2.75) is 32.2 Å². The van der Waals surface area contributed by atoms with Gasteiger partial charge in [-0.3, -0.25) is 9.59 Å². The van der Waals surface area contributed by atoms with Crippen molar-refractivity contribution < 1.29 is 18.8 Å². The Balaban J connectivity index is 1.52. The minimum atomic E-state index is -0.132. The summed E-state index contributed by atoms with van der Waals surface area (Å²) >= 11 is 0. The molecular weight excluding hydrogens is 370 g/mol. The molecule has 0 bridgehead atoms. The first-order valence-corrected chi connectivity index (χ1v) is 10.0. The molecule has 0 saturated carbocycles. The van der Waals surface area contributed by atoms with E-state index < -0.39 is 0 Å². The fourth-order valence-electron chi connectivity index (χ4n) is 3.93. The molecule has 4 rings (SSSR count). The number of aryl methyl sites for hydroxylation is 1. The molecule has 0 aliphatic carbocycles. The molecule has 1 N–H and O–H groups in total.